The molecule has 0 spiro atoms. The van der Waals surface area contributed by atoms with E-state index in [1.165, 1.54) is 0 Å². The largest absolute Gasteiger partial charge is 0.465 e. The molecule has 0 aliphatic carbocycles. The van der Waals surface area contributed by atoms with E-state index < -0.39 is 29.3 Å². The molecule has 0 saturated carbocycles. The van der Waals surface area contributed by atoms with Crippen LogP contribution in [0.15, 0.2) is 30.3 Å². The molecular formula is C25H34N2O7. The van der Waals surface area contributed by atoms with E-state index in [1.807, 2.05) is 30.3 Å². The normalized spacial score (nSPS) is 21.3. The number of likely N-dealkylation sites (tertiary alicyclic amines) is 2. The minimum Gasteiger partial charge on any atom is -0.465 e. The van der Waals surface area contributed by atoms with E-state index in [9.17, 15) is 24.3 Å². The number of piperidine rings is 1. The van der Waals surface area contributed by atoms with Gasteiger partial charge in [0.2, 0.25) is 0 Å². The van der Waals surface area contributed by atoms with Gasteiger partial charge in [0.05, 0.1) is 0 Å². The topological polar surface area (TPSA) is 113 Å². The first-order chi connectivity index (χ1) is 16.0. The number of rotatable bonds is 6. The number of carbonyl (C=O) groups is 4. The number of carboxylic acid groups (broad SMARTS) is 1. The standard InChI is InChI=1S/C25H34N2O7/c1-24(2,3)34-21(29)25(12-7-13-27(25)22(30)31)16-20(28)19-10-14-26(15-11-19)23(32)33-17-18-8-5-4-6-9-18/h4-6,8-9,19H,7,10-17H2,1-3H3,(H,30,31). The molecule has 2 aliphatic rings. The van der Waals surface area contributed by atoms with Gasteiger partial charge in [-0.3, -0.25) is 9.69 Å². The zero-order valence-electron chi connectivity index (χ0n) is 20.1. The van der Waals surface area contributed by atoms with Gasteiger partial charge in [0, 0.05) is 32.0 Å². The lowest BCUT2D eigenvalue weighted by molar-refractivity contribution is -0.169. The Labute approximate surface area is 200 Å². The summed E-state index contributed by atoms with van der Waals surface area (Å²) in [5, 5.41) is 9.70. The molecule has 0 aromatic heterocycles. The van der Waals surface area contributed by atoms with Crippen molar-refractivity contribution in [2.24, 2.45) is 5.92 Å². The smallest absolute Gasteiger partial charge is 0.410 e. The molecule has 2 heterocycles. The van der Waals surface area contributed by atoms with Gasteiger partial charge in [-0.25, -0.2) is 14.4 Å². The number of carbonyl (C=O) groups excluding carboxylic acids is 3. The third-order valence-corrected chi connectivity index (χ3v) is 6.38. The highest BCUT2D eigenvalue weighted by molar-refractivity contribution is 5.94. The van der Waals surface area contributed by atoms with Gasteiger partial charge in [0.1, 0.15) is 18.0 Å². The molecule has 9 nitrogen and oxygen atoms in total. The van der Waals surface area contributed by atoms with E-state index in [0.717, 1.165) is 10.5 Å². The average molecular weight is 475 g/mol. The van der Waals surface area contributed by atoms with Gasteiger partial charge in [0.25, 0.3) is 0 Å². The molecule has 1 unspecified atom stereocenters. The maximum Gasteiger partial charge on any atom is 0.410 e. The Bertz CT molecular complexity index is 904. The second-order valence-electron chi connectivity index (χ2n) is 10.0. The Morgan fingerprint density at radius 2 is 1.71 bits per heavy atom. The van der Waals surface area contributed by atoms with Gasteiger partial charge in [-0.2, -0.15) is 0 Å². The molecular weight excluding hydrogens is 440 g/mol. The van der Waals surface area contributed by atoms with Crippen molar-refractivity contribution < 1.29 is 33.8 Å². The summed E-state index contributed by atoms with van der Waals surface area (Å²) < 4.78 is 10.9. The first-order valence-corrected chi connectivity index (χ1v) is 11.7. The van der Waals surface area contributed by atoms with Gasteiger partial charge in [-0.15, -0.1) is 0 Å². The molecule has 2 amide bonds. The average Bonchev–Trinajstić information content (AvgIpc) is 3.22. The predicted molar refractivity (Wildman–Crippen MR) is 123 cm³/mol. The van der Waals surface area contributed by atoms with Gasteiger partial charge >= 0.3 is 18.2 Å². The Balaban J connectivity index is 1.60. The van der Waals surface area contributed by atoms with E-state index in [-0.39, 0.29) is 37.7 Å². The van der Waals surface area contributed by atoms with Gasteiger partial charge < -0.3 is 19.5 Å². The zero-order chi connectivity index (χ0) is 24.9. The highest BCUT2D eigenvalue weighted by atomic mass is 16.6. The lowest BCUT2D eigenvalue weighted by Gasteiger charge is -2.38. The van der Waals surface area contributed by atoms with Crippen molar-refractivity contribution in [2.75, 3.05) is 19.6 Å². The number of nitrogens with zero attached hydrogens (tertiary/aromatic N) is 2. The molecule has 1 N–H and O–H groups in total. The molecule has 1 atom stereocenters. The molecule has 0 bridgehead atoms. The summed E-state index contributed by atoms with van der Waals surface area (Å²) >= 11 is 0. The summed E-state index contributed by atoms with van der Waals surface area (Å²) in [4.78, 5) is 53.2. The first-order valence-electron chi connectivity index (χ1n) is 11.7. The van der Waals surface area contributed by atoms with E-state index in [1.54, 1.807) is 25.7 Å². The van der Waals surface area contributed by atoms with Crippen molar-refractivity contribution in [1.29, 1.82) is 0 Å². The maximum atomic E-state index is 13.2. The molecule has 3 rings (SSSR count). The molecule has 34 heavy (non-hydrogen) atoms. The van der Waals surface area contributed by atoms with Crippen LogP contribution in [-0.2, 0) is 25.7 Å². The molecule has 2 aliphatic heterocycles. The van der Waals surface area contributed by atoms with Crippen LogP contribution in [0.25, 0.3) is 0 Å². The Hall–Kier alpha value is -3.10. The van der Waals surface area contributed by atoms with Crippen molar-refractivity contribution in [2.45, 2.75) is 70.6 Å². The van der Waals surface area contributed by atoms with Gasteiger partial charge in [-0.1, -0.05) is 30.3 Å². The number of benzene rings is 1. The number of Topliss-reactive ketones (excluding diaryl/α,β-unsaturated/α-hetero) is 1. The quantitative estimate of drug-likeness (QED) is 0.623. The van der Waals surface area contributed by atoms with E-state index in [0.29, 0.717) is 32.4 Å². The molecule has 1 aromatic carbocycles. The van der Waals surface area contributed by atoms with Crippen LogP contribution in [0.3, 0.4) is 0 Å². The minimum absolute atomic E-state index is 0.170. The summed E-state index contributed by atoms with van der Waals surface area (Å²) in [6.45, 7) is 6.25. The Morgan fingerprint density at radius 3 is 2.29 bits per heavy atom. The monoisotopic (exact) mass is 474 g/mol. The van der Waals surface area contributed by atoms with Crippen LogP contribution in [0.5, 0.6) is 0 Å². The number of hydrogen-bond donors (Lipinski definition) is 1. The summed E-state index contributed by atoms with van der Waals surface area (Å²) in [5.41, 5.74) is -1.40. The van der Waals surface area contributed by atoms with Crippen molar-refractivity contribution in [1.82, 2.24) is 9.80 Å². The van der Waals surface area contributed by atoms with Crippen LogP contribution in [0, 0.1) is 5.92 Å². The van der Waals surface area contributed by atoms with E-state index in [2.05, 4.69) is 0 Å². The summed E-state index contributed by atoms with van der Waals surface area (Å²) in [6.07, 6.45) is -0.236. The highest BCUT2D eigenvalue weighted by Crippen LogP contribution is 2.37. The van der Waals surface area contributed by atoms with Crippen molar-refractivity contribution >= 4 is 23.9 Å². The molecule has 9 heteroatoms. The summed E-state index contributed by atoms with van der Waals surface area (Å²) in [7, 11) is 0. The van der Waals surface area contributed by atoms with Crippen LogP contribution in [0.4, 0.5) is 9.59 Å². The van der Waals surface area contributed by atoms with Gasteiger partial charge in [-0.05, 0) is 52.0 Å². The van der Waals surface area contributed by atoms with Crippen molar-refractivity contribution in [3.63, 3.8) is 0 Å². The van der Waals surface area contributed by atoms with Crippen LogP contribution >= 0.6 is 0 Å². The number of esters is 1. The number of amides is 2. The second kappa shape index (κ2) is 10.4. The Morgan fingerprint density at radius 1 is 1.06 bits per heavy atom. The van der Waals surface area contributed by atoms with Gasteiger partial charge in [0.15, 0.2) is 5.54 Å². The lowest BCUT2D eigenvalue weighted by Crippen LogP contribution is -2.56. The molecule has 2 fully saturated rings. The molecule has 0 radical (unpaired) electrons. The zero-order valence-corrected chi connectivity index (χ0v) is 20.1. The molecule has 1 aromatic rings. The number of hydrogen-bond acceptors (Lipinski definition) is 6. The fourth-order valence-corrected chi connectivity index (χ4v) is 4.63. The minimum atomic E-state index is -1.50. The fourth-order valence-electron chi connectivity index (χ4n) is 4.63. The third-order valence-electron chi connectivity index (χ3n) is 6.38. The van der Waals surface area contributed by atoms with Crippen molar-refractivity contribution in [3.05, 3.63) is 35.9 Å². The summed E-state index contributed by atoms with van der Waals surface area (Å²) in [5.74, 6) is -1.19. The van der Waals surface area contributed by atoms with Crippen molar-refractivity contribution in [3.8, 4) is 0 Å². The highest BCUT2D eigenvalue weighted by Gasteiger charge is 2.54. The SMILES string of the molecule is CC(C)(C)OC(=O)C1(CC(=O)C2CCN(C(=O)OCc3ccccc3)CC2)CCCN1C(=O)O. The molecule has 186 valence electrons. The van der Waals surface area contributed by atoms with E-state index >= 15 is 0 Å². The summed E-state index contributed by atoms with van der Waals surface area (Å²) in [6, 6.07) is 9.39. The van der Waals surface area contributed by atoms with Crippen LogP contribution in [-0.4, -0.2) is 69.6 Å². The first kappa shape index (κ1) is 25.5. The van der Waals surface area contributed by atoms with Crippen LogP contribution in [0.1, 0.15) is 58.4 Å². The number of ketones is 1. The van der Waals surface area contributed by atoms with Crippen LogP contribution in [0.2, 0.25) is 0 Å². The number of ether oxygens (including phenoxy) is 2. The van der Waals surface area contributed by atoms with Crippen LogP contribution < -0.4 is 0 Å². The lowest BCUT2D eigenvalue weighted by atomic mass is 9.82. The predicted octanol–water partition coefficient (Wildman–Crippen LogP) is 3.85. The molecule has 2 saturated heterocycles. The van der Waals surface area contributed by atoms with E-state index in [4.69, 9.17) is 9.47 Å². The maximum absolute atomic E-state index is 13.2. The second-order valence-corrected chi connectivity index (χ2v) is 10.0. The third kappa shape index (κ3) is 6.07. The fraction of sp³-hybridized carbons (Fsp3) is 0.600. The Kier molecular flexibility index (Phi) is 7.84.